The average Bonchev–Trinajstić information content (AvgIpc) is 2.74. The lowest BCUT2D eigenvalue weighted by atomic mass is 10.4. The summed E-state index contributed by atoms with van der Waals surface area (Å²) in [5.74, 6) is 0.500. The van der Waals surface area contributed by atoms with E-state index in [9.17, 15) is 4.79 Å². The van der Waals surface area contributed by atoms with Crippen LogP contribution in [0.15, 0.2) is 4.42 Å². The van der Waals surface area contributed by atoms with Crippen LogP contribution in [-0.4, -0.2) is 54.7 Å². The van der Waals surface area contributed by atoms with E-state index in [1.807, 2.05) is 13.8 Å². The number of anilines is 1. The van der Waals surface area contributed by atoms with Gasteiger partial charge in [-0.25, -0.2) is 0 Å². The van der Waals surface area contributed by atoms with Crippen LogP contribution in [-0.2, 0) is 11.3 Å². The maximum Gasteiger partial charge on any atom is 0.318 e. The largest absolute Gasteiger partial charge is 0.407 e. The molecule has 102 valence electrons. The molecule has 0 bridgehead atoms. The monoisotopic (exact) mass is 255 g/mol. The lowest BCUT2D eigenvalue weighted by Gasteiger charge is -2.16. The number of carbonyl (C=O) groups excluding carboxylic acids is 1. The summed E-state index contributed by atoms with van der Waals surface area (Å²) < 4.78 is 5.45. The first-order chi connectivity index (χ1) is 8.40. The summed E-state index contributed by atoms with van der Waals surface area (Å²) in [7, 11) is 5.17. The number of hydrogen-bond acceptors (Lipinski definition) is 6. The maximum absolute atomic E-state index is 11.5. The summed E-state index contributed by atoms with van der Waals surface area (Å²) in [5.41, 5.74) is 0. The molecule has 1 heterocycles. The van der Waals surface area contributed by atoms with Gasteiger partial charge in [-0.05, 0) is 0 Å². The van der Waals surface area contributed by atoms with Crippen LogP contribution in [0.1, 0.15) is 19.7 Å². The molecule has 0 unspecified atom stereocenters. The minimum atomic E-state index is -0.0162. The van der Waals surface area contributed by atoms with E-state index in [1.165, 1.54) is 4.90 Å². The van der Waals surface area contributed by atoms with E-state index >= 15 is 0 Å². The van der Waals surface area contributed by atoms with Gasteiger partial charge in [-0.2, -0.15) is 0 Å². The van der Waals surface area contributed by atoms with E-state index in [0.717, 1.165) is 0 Å². The van der Waals surface area contributed by atoms with Crippen LogP contribution in [0.4, 0.5) is 6.01 Å². The summed E-state index contributed by atoms with van der Waals surface area (Å²) in [5, 5.41) is 11.0. The Kier molecular flexibility index (Phi) is 5.08. The van der Waals surface area contributed by atoms with Crippen molar-refractivity contribution in [1.82, 2.24) is 20.4 Å². The van der Waals surface area contributed by atoms with Gasteiger partial charge in [0.05, 0.1) is 6.54 Å². The van der Waals surface area contributed by atoms with Crippen LogP contribution >= 0.6 is 0 Å². The third-order valence-electron chi connectivity index (χ3n) is 2.32. The molecule has 0 aliphatic rings. The maximum atomic E-state index is 11.5. The Labute approximate surface area is 107 Å². The lowest BCUT2D eigenvalue weighted by molar-refractivity contribution is -0.127. The number of amides is 1. The average molecular weight is 255 g/mol. The van der Waals surface area contributed by atoms with E-state index < -0.39 is 0 Å². The molecule has 1 N–H and O–H groups in total. The summed E-state index contributed by atoms with van der Waals surface area (Å²) in [6, 6.07) is 0.708. The fraction of sp³-hybridized carbons (Fsp3) is 0.727. The standard InChI is InChI=1S/C11H21N5O2/c1-8(2)12-6-9-13-14-11(18-9)16(5)7-10(17)15(3)4/h8,12H,6-7H2,1-5H3. The Balaban J connectivity index is 2.54. The Morgan fingerprint density at radius 3 is 2.56 bits per heavy atom. The topological polar surface area (TPSA) is 74.5 Å². The zero-order valence-electron chi connectivity index (χ0n) is 11.6. The summed E-state index contributed by atoms with van der Waals surface area (Å²) in [6.07, 6.45) is 0. The Morgan fingerprint density at radius 2 is 2.00 bits per heavy atom. The van der Waals surface area contributed by atoms with Gasteiger partial charge < -0.3 is 19.5 Å². The Morgan fingerprint density at radius 1 is 1.33 bits per heavy atom. The van der Waals surface area contributed by atoms with Gasteiger partial charge in [-0.1, -0.05) is 18.9 Å². The molecule has 1 rings (SSSR count). The highest BCUT2D eigenvalue weighted by Gasteiger charge is 2.14. The minimum Gasteiger partial charge on any atom is -0.407 e. The molecule has 0 aliphatic heterocycles. The van der Waals surface area contributed by atoms with Crippen LogP contribution < -0.4 is 10.2 Å². The molecule has 1 aromatic heterocycles. The van der Waals surface area contributed by atoms with Crippen molar-refractivity contribution in [3.05, 3.63) is 5.89 Å². The molecular weight excluding hydrogens is 234 g/mol. The zero-order valence-corrected chi connectivity index (χ0v) is 11.6. The lowest BCUT2D eigenvalue weighted by Crippen LogP contribution is -2.34. The number of nitrogens with zero attached hydrogens (tertiary/aromatic N) is 4. The van der Waals surface area contributed by atoms with Gasteiger partial charge in [0.2, 0.25) is 11.8 Å². The Bertz CT molecular complexity index is 389. The minimum absolute atomic E-state index is 0.0162. The highest BCUT2D eigenvalue weighted by Crippen LogP contribution is 2.10. The predicted molar refractivity (Wildman–Crippen MR) is 68.2 cm³/mol. The van der Waals surface area contributed by atoms with Gasteiger partial charge >= 0.3 is 6.01 Å². The van der Waals surface area contributed by atoms with Gasteiger partial charge in [-0.3, -0.25) is 4.79 Å². The van der Waals surface area contributed by atoms with Gasteiger partial charge in [0.25, 0.3) is 0 Å². The number of likely N-dealkylation sites (N-methyl/N-ethyl adjacent to an activating group) is 2. The Hall–Kier alpha value is -1.63. The highest BCUT2D eigenvalue weighted by molar-refractivity contribution is 5.80. The van der Waals surface area contributed by atoms with Crippen LogP contribution in [0.25, 0.3) is 0 Å². The number of rotatable bonds is 6. The molecular formula is C11H21N5O2. The van der Waals surface area contributed by atoms with Crippen LogP contribution in [0.3, 0.4) is 0 Å². The second kappa shape index (κ2) is 6.34. The van der Waals surface area contributed by atoms with Gasteiger partial charge in [0, 0.05) is 27.2 Å². The molecule has 0 atom stereocenters. The van der Waals surface area contributed by atoms with E-state index in [-0.39, 0.29) is 12.5 Å². The van der Waals surface area contributed by atoms with Crippen LogP contribution in [0.2, 0.25) is 0 Å². The number of carbonyl (C=O) groups is 1. The zero-order chi connectivity index (χ0) is 13.7. The van der Waals surface area contributed by atoms with E-state index in [0.29, 0.717) is 24.5 Å². The van der Waals surface area contributed by atoms with Crippen LogP contribution in [0.5, 0.6) is 0 Å². The van der Waals surface area contributed by atoms with E-state index in [4.69, 9.17) is 4.42 Å². The van der Waals surface area contributed by atoms with Crippen molar-refractivity contribution in [3.63, 3.8) is 0 Å². The van der Waals surface area contributed by atoms with Crippen molar-refractivity contribution in [2.75, 3.05) is 32.6 Å². The van der Waals surface area contributed by atoms with E-state index in [2.05, 4.69) is 15.5 Å². The fourth-order valence-corrected chi connectivity index (χ4v) is 1.17. The van der Waals surface area contributed by atoms with Gasteiger partial charge in [0.15, 0.2) is 0 Å². The fourth-order valence-electron chi connectivity index (χ4n) is 1.17. The molecule has 0 aliphatic carbocycles. The van der Waals surface area contributed by atoms with Crippen molar-refractivity contribution < 1.29 is 9.21 Å². The molecule has 0 fully saturated rings. The molecule has 0 spiro atoms. The second-order valence-electron chi connectivity index (χ2n) is 4.66. The third-order valence-corrected chi connectivity index (χ3v) is 2.32. The first-order valence-corrected chi connectivity index (χ1v) is 5.87. The molecule has 0 saturated heterocycles. The molecule has 1 amide bonds. The van der Waals surface area contributed by atoms with Crippen molar-refractivity contribution >= 4 is 11.9 Å². The molecule has 0 radical (unpaired) electrons. The number of hydrogen-bond donors (Lipinski definition) is 1. The van der Waals surface area contributed by atoms with Crippen molar-refractivity contribution in [3.8, 4) is 0 Å². The van der Waals surface area contributed by atoms with E-state index in [1.54, 1.807) is 26.0 Å². The summed E-state index contributed by atoms with van der Waals surface area (Å²) in [4.78, 5) is 14.7. The smallest absolute Gasteiger partial charge is 0.318 e. The SMILES string of the molecule is CC(C)NCc1nnc(N(C)CC(=O)N(C)C)o1. The third kappa shape index (κ3) is 4.33. The number of aromatic nitrogens is 2. The first kappa shape index (κ1) is 14.4. The molecule has 7 heteroatoms. The summed E-state index contributed by atoms with van der Waals surface area (Å²) in [6.45, 7) is 4.82. The van der Waals surface area contributed by atoms with Gasteiger partial charge in [-0.15, -0.1) is 5.10 Å². The number of nitrogens with one attached hydrogen (secondary N) is 1. The van der Waals surface area contributed by atoms with Crippen molar-refractivity contribution in [2.24, 2.45) is 0 Å². The second-order valence-corrected chi connectivity index (χ2v) is 4.66. The molecule has 7 nitrogen and oxygen atoms in total. The molecule has 1 aromatic rings. The summed E-state index contributed by atoms with van der Waals surface area (Å²) >= 11 is 0. The van der Waals surface area contributed by atoms with Gasteiger partial charge in [0.1, 0.15) is 6.54 Å². The normalized spacial score (nSPS) is 10.8. The molecule has 18 heavy (non-hydrogen) atoms. The molecule has 0 saturated carbocycles. The highest BCUT2D eigenvalue weighted by atomic mass is 16.4. The van der Waals surface area contributed by atoms with Crippen molar-refractivity contribution in [2.45, 2.75) is 26.4 Å². The van der Waals surface area contributed by atoms with Crippen molar-refractivity contribution in [1.29, 1.82) is 0 Å². The predicted octanol–water partition coefficient (Wildman–Crippen LogP) is 0.0920. The first-order valence-electron chi connectivity index (χ1n) is 5.87. The molecule has 0 aromatic carbocycles. The quantitative estimate of drug-likeness (QED) is 0.776. The van der Waals surface area contributed by atoms with Crippen LogP contribution in [0, 0.1) is 0 Å².